The van der Waals surface area contributed by atoms with E-state index in [9.17, 15) is 4.79 Å². The van der Waals surface area contributed by atoms with Gasteiger partial charge in [-0.05, 0) is 30.0 Å². The fourth-order valence-corrected chi connectivity index (χ4v) is 1.71. The smallest absolute Gasteiger partial charge is 0.323 e. The minimum atomic E-state index is -0.523. The second-order valence-corrected chi connectivity index (χ2v) is 5.39. The van der Waals surface area contributed by atoms with Crippen LogP contribution in [0.3, 0.4) is 0 Å². The average Bonchev–Trinajstić information content (AvgIpc) is 2.27. The average molecular weight is 300 g/mol. The van der Waals surface area contributed by atoms with Crippen molar-refractivity contribution in [3.63, 3.8) is 0 Å². The first-order valence-corrected chi connectivity index (χ1v) is 6.45. The Kier molecular flexibility index (Phi) is 5.65. The molecule has 17 heavy (non-hydrogen) atoms. The van der Waals surface area contributed by atoms with Crippen molar-refractivity contribution in [2.24, 2.45) is 11.7 Å². The van der Waals surface area contributed by atoms with Gasteiger partial charge in [-0.15, -0.1) is 0 Å². The lowest BCUT2D eigenvalue weighted by Crippen LogP contribution is -2.33. The van der Waals surface area contributed by atoms with Crippen molar-refractivity contribution in [2.75, 3.05) is 0 Å². The fourth-order valence-electron chi connectivity index (χ4n) is 1.45. The number of halogens is 1. The number of esters is 1. The molecular weight excluding hydrogens is 282 g/mol. The highest BCUT2D eigenvalue weighted by Crippen LogP contribution is 2.12. The first kappa shape index (κ1) is 14.2. The number of rotatable bonds is 5. The quantitative estimate of drug-likeness (QED) is 0.851. The van der Waals surface area contributed by atoms with Crippen LogP contribution in [-0.4, -0.2) is 12.0 Å². The van der Waals surface area contributed by atoms with Crippen molar-refractivity contribution in [3.05, 3.63) is 34.3 Å². The van der Waals surface area contributed by atoms with Gasteiger partial charge in [0.2, 0.25) is 0 Å². The van der Waals surface area contributed by atoms with Gasteiger partial charge in [-0.1, -0.05) is 41.9 Å². The summed E-state index contributed by atoms with van der Waals surface area (Å²) in [6.45, 7) is 4.33. The largest absolute Gasteiger partial charge is 0.460 e. The molecule has 4 heteroatoms. The van der Waals surface area contributed by atoms with E-state index >= 15 is 0 Å². The molecule has 1 atom stereocenters. The summed E-state index contributed by atoms with van der Waals surface area (Å²) in [5.41, 5.74) is 6.68. The van der Waals surface area contributed by atoms with Crippen LogP contribution in [0, 0.1) is 5.92 Å². The molecule has 0 unspecified atom stereocenters. The molecular formula is C13H18BrNO2. The lowest BCUT2D eigenvalue weighted by atomic mass is 10.1. The molecule has 0 saturated heterocycles. The van der Waals surface area contributed by atoms with E-state index in [4.69, 9.17) is 10.5 Å². The Balaban J connectivity index is 2.40. The van der Waals surface area contributed by atoms with E-state index in [1.54, 1.807) is 0 Å². The molecule has 0 heterocycles. The van der Waals surface area contributed by atoms with Gasteiger partial charge in [-0.2, -0.15) is 0 Å². The van der Waals surface area contributed by atoms with Crippen molar-refractivity contribution >= 4 is 21.9 Å². The van der Waals surface area contributed by atoms with E-state index < -0.39 is 6.04 Å². The number of benzene rings is 1. The molecule has 3 nitrogen and oxygen atoms in total. The van der Waals surface area contributed by atoms with Crippen LogP contribution in [0.5, 0.6) is 0 Å². The van der Waals surface area contributed by atoms with Gasteiger partial charge in [0.05, 0.1) is 0 Å². The molecule has 0 bridgehead atoms. The number of nitrogens with two attached hydrogens (primary N) is 1. The molecule has 0 aliphatic rings. The van der Waals surface area contributed by atoms with Gasteiger partial charge >= 0.3 is 5.97 Å². The van der Waals surface area contributed by atoms with E-state index in [-0.39, 0.29) is 12.6 Å². The summed E-state index contributed by atoms with van der Waals surface area (Å²) >= 11 is 3.35. The van der Waals surface area contributed by atoms with Crippen molar-refractivity contribution in [1.82, 2.24) is 0 Å². The number of hydrogen-bond donors (Lipinski definition) is 1. The molecule has 0 fully saturated rings. The monoisotopic (exact) mass is 299 g/mol. The molecule has 0 spiro atoms. The zero-order chi connectivity index (χ0) is 12.8. The van der Waals surface area contributed by atoms with Crippen LogP contribution in [0.4, 0.5) is 0 Å². The zero-order valence-corrected chi connectivity index (χ0v) is 11.7. The molecule has 0 radical (unpaired) electrons. The molecule has 0 aliphatic carbocycles. The normalized spacial score (nSPS) is 12.5. The highest BCUT2D eigenvalue weighted by molar-refractivity contribution is 9.10. The Labute approximate surface area is 110 Å². The summed E-state index contributed by atoms with van der Waals surface area (Å²) in [5.74, 6) is 0.0619. The highest BCUT2D eigenvalue weighted by Gasteiger charge is 2.16. The molecule has 94 valence electrons. The summed E-state index contributed by atoms with van der Waals surface area (Å²) in [6.07, 6.45) is 0.652. The van der Waals surface area contributed by atoms with Gasteiger partial charge in [-0.25, -0.2) is 0 Å². The maximum atomic E-state index is 11.6. The molecule has 0 saturated carbocycles. The van der Waals surface area contributed by atoms with Crippen LogP contribution in [-0.2, 0) is 16.1 Å². The van der Waals surface area contributed by atoms with Crippen LogP contribution >= 0.6 is 15.9 Å². The van der Waals surface area contributed by atoms with Crippen LogP contribution in [0.25, 0.3) is 0 Å². The molecule has 0 amide bonds. The Morgan fingerprint density at radius 2 is 1.94 bits per heavy atom. The van der Waals surface area contributed by atoms with Gasteiger partial charge in [0.25, 0.3) is 0 Å². The molecule has 0 aliphatic heterocycles. The summed E-state index contributed by atoms with van der Waals surface area (Å²) in [5, 5.41) is 0. The highest BCUT2D eigenvalue weighted by atomic mass is 79.9. The fraction of sp³-hybridized carbons (Fsp3) is 0.462. The first-order valence-electron chi connectivity index (χ1n) is 5.65. The standard InChI is InChI=1S/C13H18BrNO2/c1-9(2)7-12(15)13(16)17-8-10-3-5-11(14)6-4-10/h3-6,9,12H,7-8,15H2,1-2H3/t12-/m1/s1. The third-order valence-electron chi connectivity index (χ3n) is 2.32. The first-order chi connectivity index (χ1) is 7.99. The molecule has 0 aromatic heterocycles. The lowest BCUT2D eigenvalue weighted by molar-refractivity contribution is -0.146. The number of hydrogen-bond acceptors (Lipinski definition) is 3. The second-order valence-electron chi connectivity index (χ2n) is 4.47. The Hall–Kier alpha value is -0.870. The lowest BCUT2D eigenvalue weighted by Gasteiger charge is -2.13. The van der Waals surface area contributed by atoms with Crippen molar-refractivity contribution in [1.29, 1.82) is 0 Å². The Bertz CT molecular complexity index is 362. The van der Waals surface area contributed by atoms with Gasteiger partial charge in [0.15, 0.2) is 0 Å². The van der Waals surface area contributed by atoms with E-state index in [0.29, 0.717) is 12.3 Å². The third-order valence-corrected chi connectivity index (χ3v) is 2.85. The maximum Gasteiger partial charge on any atom is 0.323 e. The van der Waals surface area contributed by atoms with Gasteiger partial charge in [0, 0.05) is 4.47 Å². The second kappa shape index (κ2) is 6.77. The van der Waals surface area contributed by atoms with E-state index in [1.165, 1.54) is 0 Å². The van der Waals surface area contributed by atoms with Crippen LogP contribution in [0.1, 0.15) is 25.8 Å². The topological polar surface area (TPSA) is 52.3 Å². The number of ether oxygens (including phenoxy) is 1. The minimum absolute atomic E-state index is 0.276. The summed E-state index contributed by atoms with van der Waals surface area (Å²) in [4.78, 5) is 11.6. The summed E-state index contributed by atoms with van der Waals surface area (Å²) in [6, 6.07) is 7.12. The third kappa shape index (κ3) is 5.33. The Morgan fingerprint density at radius 3 is 2.47 bits per heavy atom. The predicted molar refractivity (Wildman–Crippen MR) is 71.4 cm³/mol. The van der Waals surface area contributed by atoms with Gasteiger partial charge < -0.3 is 10.5 Å². The molecule has 1 rings (SSSR count). The van der Waals surface area contributed by atoms with E-state index in [1.807, 2.05) is 38.1 Å². The SMILES string of the molecule is CC(C)C[C@@H](N)C(=O)OCc1ccc(Br)cc1. The molecule has 1 aromatic rings. The summed E-state index contributed by atoms with van der Waals surface area (Å²) < 4.78 is 6.16. The van der Waals surface area contributed by atoms with Crippen molar-refractivity contribution in [2.45, 2.75) is 32.9 Å². The van der Waals surface area contributed by atoms with Gasteiger partial charge in [-0.3, -0.25) is 4.79 Å². The van der Waals surface area contributed by atoms with Crippen LogP contribution in [0.2, 0.25) is 0 Å². The maximum absolute atomic E-state index is 11.6. The van der Waals surface area contributed by atoms with Crippen LogP contribution < -0.4 is 5.73 Å². The number of carbonyl (C=O) groups is 1. The van der Waals surface area contributed by atoms with Crippen molar-refractivity contribution < 1.29 is 9.53 Å². The van der Waals surface area contributed by atoms with E-state index in [2.05, 4.69) is 15.9 Å². The van der Waals surface area contributed by atoms with Gasteiger partial charge in [0.1, 0.15) is 12.6 Å². The minimum Gasteiger partial charge on any atom is -0.460 e. The zero-order valence-electron chi connectivity index (χ0n) is 10.2. The Morgan fingerprint density at radius 1 is 1.35 bits per heavy atom. The summed E-state index contributed by atoms with van der Waals surface area (Å²) in [7, 11) is 0. The predicted octanol–water partition coefficient (Wildman–Crippen LogP) is 2.87. The van der Waals surface area contributed by atoms with Crippen LogP contribution in [0.15, 0.2) is 28.7 Å². The molecule has 2 N–H and O–H groups in total. The number of carbonyl (C=O) groups excluding carboxylic acids is 1. The molecule has 1 aromatic carbocycles. The van der Waals surface area contributed by atoms with Crippen molar-refractivity contribution in [3.8, 4) is 0 Å². The van der Waals surface area contributed by atoms with E-state index in [0.717, 1.165) is 10.0 Å².